The van der Waals surface area contributed by atoms with Gasteiger partial charge in [-0.2, -0.15) is 0 Å². The molecule has 2 aliphatic heterocycles. The zero-order valence-electron chi connectivity index (χ0n) is 14.7. The van der Waals surface area contributed by atoms with Crippen LogP contribution in [-0.2, 0) is 14.1 Å². The first-order valence-electron chi connectivity index (χ1n) is 9.14. The molecule has 0 spiro atoms. The predicted molar refractivity (Wildman–Crippen MR) is 88.5 cm³/mol. The molecule has 6 atom stereocenters. The lowest BCUT2D eigenvalue weighted by Crippen LogP contribution is -2.65. The van der Waals surface area contributed by atoms with E-state index >= 15 is 0 Å². The molecular formula is C17H29BN2O3. The molecule has 5 aliphatic rings. The lowest BCUT2D eigenvalue weighted by atomic mass is 9.43. The quantitative estimate of drug-likeness (QED) is 0.785. The average molecular weight is 320 g/mol. The molecule has 0 aromatic rings. The van der Waals surface area contributed by atoms with Crippen LogP contribution in [0.4, 0.5) is 0 Å². The van der Waals surface area contributed by atoms with Crippen molar-refractivity contribution in [2.45, 2.75) is 77.1 Å². The highest BCUT2D eigenvalue weighted by Crippen LogP contribution is 2.65. The first-order valence-corrected chi connectivity index (χ1v) is 9.14. The van der Waals surface area contributed by atoms with Crippen molar-refractivity contribution >= 4 is 13.0 Å². The molecular weight excluding hydrogens is 291 g/mol. The summed E-state index contributed by atoms with van der Waals surface area (Å²) in [5.41, 5.74) is 5.96. The molecule has 3 aliphatic carbocycles. The number of rotatable bonds is 2. The lowest BCUT2D eigenvalue weighted by Gasteiger charge is -2.64. The molecule has 5 rings (SSSR count). The molecule has 5 nitrogen and oxygen atoms in total. The lowest BCUT2D eigenvalue weighted by molar-refractivity contribution is -0.199. The van der Waals surface area contributed by atoms with Gasteiger partial charge in [-0.25, -0.2) is 0 Å². The van der Waals surface area contributed by atoms with E-state index in [1.165, 1.54) is 6.42 Å². The molecule has 3 saturated carbocycles. The van der Waals surface area contributed by atoms with Gasteiger partial charge in [-0.05, 0) is 56.8 Å². The molecule has 0 unspecified atom stereocenters. The van der Waals surface area contributed by atoms with Crippen LogP contribution >= 0.6 is 0 Å². The second kappa shape index (κ2) is 4.96. The van der Waals surface area contributed by atoms with Gasteiger partial charge in [0, 0.05) is 6.54 Å². The fourth-order valence-corrected chi connectivity index (χ4v) is 5.67. The highest BCUT2D eigenvalue weighted by Gasteiger charge is 2.69. The normalized spacial score (nSPS) is 45.6. The molecule has 0 aromatic carbocycles. The van der Waals surface area contributed by atoms with Crippen LogP contribution in [-0.4, -0.2) is 48.2 Å². The zero-order chi connectivity index (χ0) is 16.6. The molecule has 6 heteroatoms. The highest BCUT2D eigenvalue weighted by molar-refractivity contribution is 6.48. The van der Waals surface area contributed by atoms with Crippen molar-refractivity contribution in [2.24, 2.45) is 23.0 Å². The van der Waals surface area contributed by atoms with Crippen LogP contribution in [0.2, 0.25) is 0 Å². The van der Waals surface area contributed by atoms with Gasteiger partial charge in [-0.1, -0.05) is 13.8 Å². The van der Waals surface area contributed by atoms with Gasteiger partial charge in [0.1, 0.15) is 0 Å². The standard InChI is InChI=1S/C17H29BN2O3/c1-10(19)15(21)20-7-5-6-14(20)18-22-13-9-11-8-12(16(11,2)3)17(13,4)23-18/h10-14H,5-9,19H2,1-4H3/t10-,11-,12-,13+,14+,17-/m1/s1. The number of hydrogen-bond donors (Lipinski definition) is 1. The predicted octanol–water partition coefficient (Wildman–Crippen LogP) is 1.59. The molecule has 2 bridgehead atoms. The maximum Gasteiger partial charge on any atom is 0.481 e. The van der Waals surface area contributed by atoms with Crippen molar-refractivity contribution in [3.05, 3.63) is 0 Å². The van der Waals surface area contributed by atoms with E-state index in [0.717, 1.165) is 31.7 Å². The number of amides is 1. The summed E-state index contributed by atoms with van der Waals surface area (Å²) in [5.74, 6) is 1.35. The van der Waals surface area contributed by atoms with Gasteiger partial charge >= 0.3 is 7.12 Å². The van der Waals surface area contributed by atoms with Crippen molar-refractivity contribution in [3.63, 3.8) is 0 Å². The van der Waals surface area contributed by atoms with Crippen LogP contribution in [0.25, 0.3) is 0 Å². The molecule has 2 N–H and O–H groups in total. The Hall–Kier alpha value is -0.585. The summed E-state index contributed by atoms with van der Waals surface area (Å²) in [7, 11) is -0.287. The third kappa shape index (κ3) is 2.07. The summed E-state index contributed by atoms with van der Waals surface area (Å²) in [5, 5.41) is 0. The Morgan fingerprint density at radius 1 is 1.35 bits per heavy atom. The summed E-state index contributed by atoms with van der Waals surface area (Å²) < 4.78 is 12.9. The van der Waals surface area contributed by atoms with Crippen LogP contribution in [0.15, 0.2) is 0 Å². The molecule has 2 heterocycles. The maximum atomic E-state index is 12.4. The third-order valence-corrected chi connectivity index (χ3v) is 7.25. The first kappa shape index (κ1) is 15.9. The number of nitrogens with zero attached hydrogens (tertiary/aromatic N) is 1. The van der Waals surface area contributed by atoms with Crippen LogP contribution in [0.5, 0.6) is 0 Å². The Balaban J connectivity index is 1.53. The molecule has 23 heavy (non-hydrogen) atoms. The SMILES string of the molecule is C[C@@H](N)C(=O)N1CCC[C@H]1B1O[C@H]2C[C@H]3C[C@H](C3(C)C)[C@@]2(C)O1. The fourth-order valence-electron chi connectivity index (χ4n) is 5.67. The minimum Gasteiger partial charge on any atom is -0.404 e. The number of likely N-dealkylation sites (tertiary alicyclic amines) is 1. The Labute approximate surface area is 139 Å². The Bertz CT molecular complexity index is 526. The highest BCUT2D eigenvalue weighted by atomic mass is 16.7. The van der Waals surface area contributed by atoms with Gasteiger partial charge in [0.15, 0.2) is 0 Å². The van der Waals surface area contributed by atoms with Crippen molar-refractivity contribution in [1.29, 1.82) is 0 Å². The Morgan fingerprint density at radius 3 is 2.74 bits per heavy atom. The Kier molecular flexibility index (Phi) is 3.43. The van der Waals surface area contributed by atoms with Gasteiger partial charge in [0.25, 0.3) is 0 Å². The van der Waals surface area contributed by atoms with Crippen LogP contribution in [0, 0.1) is 17.3 Å². The number of nitrogens with two attached hydrogens (primary N) is 1. The molecule has 0 aromatic heterocycles. The van der Waals surface area contributed by atoms with Gasteiger partial charge in [0.2, 0.25) is 5.91 Å². The summed E-state index contributed by atoms with van der Waals surface area (Å²) >= 11 is 0. The number of carbonyl (C=O) groups is 1. The monoisotopic (exact) mass is 320 g/mol. The number of hydrogen-bond acceptors (Lipinski definition) is 4. The van der Waals surface area contributed by atoms with E-state index in [9.17, 15) is 4.79 Å². The van der Waals surface area contributed by atoms with E-state index in [-0.39, 0.29) is 30.7 Å². The van der Waals surface area contributed by atoms with Gasteiger partial charge in [0.05, 0.1) is 23.7 Å². The topological polar surface area (TPSA) is 64.8 Å². The van der Waals surface area contributed by atoms with E-state index in [1.54, 1.807) is 6.92 Å². The molecule has 1 amide bonds. The Morgan fingerprint density at radius 2 is 2.09 bits per heavy atom. The van der Waals surface area contributed by atoms with Crippen molar-refractivity contribution in [3.8, 4) is 0 Å². The van der Waals surface area contributed by atoms with Gasteiger partial charge in [-0.15, -0.1) is 0 Å². The van der Waals surface area contributed by atoms with Crippen LogP contribution in [0.1, 0.15) is 53.4 Å². The summed E-state index contributed by atoms with van der Waals surface area (Å²) in [4.78, 5) is 14.3. The van der Waals surface area contributed by atoms with E-state index in [1.807, 2.05) is 4.90 Å². The second-order valence-electron chi connectivity index (χ2n) is 8.87. The van der Waals surface area contributed by atoms with Gasteiger partial charge < -0.3 is 19.9 Å². The van der Waals surface area contributed by atoms with Crippen molar-refractivity contribution < 1.29 is 14.1 Å². The largest absolute Gasteiger partial charge is 0.481 e. The zero-order valence-corrected chi connectivity index (χ0v) is 14.7. The second-order valence-corrected chi connectivity index (χ2v) is 8.87. The van der Waals surface area contributed by atoms with Crippen molar-refractivity contribution in [1.82, 2.24) is 4.90 Å². The van der Waals surface area contributed by atoms with Crippen molar-refractivity contribution in [2.75, 3.05) is 6.54 Å². The molecule has 2 saturated heterocycles. The van der Waals surface area contributed by atoms with Crippen LogP contribution < -0.4 is 5.73 Å². The summed E-state index contributed by atoms with van der Waals surface area (Å²) in [6, 6.07) is -0.457. The molecule has 128 valence electrons. The minimum absolute atomic E-state index is 0.0179. The van der Waals surface area contributed by atoms with Gasteiger partial charge in [-0.3, -0.25) is 4.79 Å². The summed E-state index contributed by atoms with van der Waals surface area (Å²) in [6.07, 6.45) is 4.47. The number of carbonyl (C=O) groups excluding carboxylic acids is 1. The minimum atomic E-state index is -0.457. The average Bonchev–Trinajstić information content (AvgIpc) is 3.08. The van der Waals surface area contributed by atoms with E-state index < -0.39 is 6.04 Å². The van der Waals surface area contributed by atoms with E-state index in [0.29, 0.717) is 11.3 Å². The van der Waals surface area contributed by atoms with Crippen LogP contribution in [0.3, 0.4) is 0 Å². The van der Waals surface area contributed by atoms with E-state index in [2.05, 4.69) is 20.8 Å². The molecule has 0 radical (unpaired) electrons. The smallest absolute Gasteiger partial charge is 0.404 e. The summed E-state index contributed by atoms with van der Waals surface area (Å²) in [6.45, 7) is 9.49. The first-order chi connectivity index (χ1) is 10.7. The molecule has 5 fully saturated rings. The third-order valence-electron chi connectivity index (χ3n) is 7.25. The van der Waals surface area contributed by atoms with E-state index in [4.69, 9.17) is 15.0 Å². The fraction of sp³-hybridized carbons (Fsp3) is 0.941. The maximum absolute atomic E-state index is 12.4.